The van der Waals surface area contributed by atoms with Gasteiger partial charge in [-0.25, -0.2) is 5.84 Å². The van der Waals surface area contributed by atoms with Gasteiger partial charge in [0.15, 0.2) is 0 Å². The number of carbonyl (C=O) groups is 1. The lowest BCUT2D eigenvalue weighted by Crippen LogP contribution is -2.50. The average molecular weight is 214 g/mol. The normalized spacial score (nSPS) is 23.5. The lowest BCUT2D eigenvalue weighted by atomic mass is 9.97. The molecular formula is C10H22N4O. The molecule has 0 aromatic heterocycles. The summed E-state index contributed by atoms with van der Waals surface area (Å²) in [6.45, 7) is 5.92. The molecule has 5 nitrogen and oxygen atoms in total. The summed E-state index contributed by atoms with van der Waals surface area (Å²) in [7, 11) is 0. The van der Waals surface area contributed by atoms with Gasteiger partial charge < -0.3 is 5.73 Å². The molecule has 1 aliphatic heterocycles. The number of hydrogen-bond donors (Lipinski definition) is 3. The number of rotatable bonds is 3. The van der Waals surface area contributed by atoms with Crippen LogP contribution in [0.25, 0.3) is 0 Å². The number of amides is 1. The number of carbonyl (C=O) groups excluding carboxylic acids is 1. The molecule has 1 aliphatic rings. The molecule has 2 unspecified atom stereocenters. The number of piperidine rings is 1. The van der Waals surface area contributed by atoms with Crippen molar-refractivity contribution >= 4 is 5.91 Å². The van der Waals surface area contributed by atoms with E-state index in [1.807, 2.05) is 6.92 Å². The van der Waals surface area contributed by atoms with Gasteiger partial charge in [-0.1, -0.05) is 6.92 Å². The molecule has 2 atom stereocenters. The second kappa shape index (κ2) is 5.44. The molecule has 0 bridgehead atoms. The predicted octanol–water partition coefficient (Wildman–Crippen LogP) is -0.576. The Balaban J connectivity index is 2.45. The van der Waals surface area contributed by atoms with Crippen molar-refractivity contribution in [2.24, 2.45) is 17.5 Å². The Hall–Kier alpha value is -0.650. The zero-order valence-corrected chi connectivity index (χ0v) is 9.57. The fourth-order valence-electron chi connectivity index (χ4n) is 1.99. The second-order valence-corrected chi connectivity index (χ2v) is 4.41. The zero-order chi connectivity index (χ0) is 11.4. The van der Waals surface area contributed by atoms with E-state index in [0.29, 0.717) is 6.04 Å². The second-order valence-electron chi connectivity index (χ2n) is 4.41. The summed E-state index contributed by atoms with van der Waals surface area (Å²) in [5.41, 5.74) is 8.04. The minimum atomic E-state index is -0.0997. The zero-order valence-electron chi connectivity index (χ0n) is 9.57. The molecule has 0 aromatic carbocycles. The van der Waals surface area contributed by atoms with E-state index in [2.05, 4.69) is 17.2 Å². The van der Waals surface area contributed by atoms with E-state index in [0.717, 1.165) is 25.9 Å². The maximum absolute atomic E-state index is 11.4. The number of nitrogens with zero attached hydrogens (tertiary/aromatic N) is 1. The van der Waals surface area contributed by atoms with E-state index in [-0.39, 0.29) is 17.9 Å². The minimum absolute atomic E-state index is 0.0793. The number of hydrogen-bond acceptors (Lipinski definition) is 4. The molecular weight excluding hydrogens is 192 g/mol. The molecule has 1 heterocycles. The Kier molecular flexibility index (Phi) is 4.50. The lowest BCUT2D eigenvalue weighted by molar-refractivity contribution is -0.126. The van der Waals surface area contributed by atoms with Gasteiger partial charge in [0.05, 0.1) is 5.92 Å². The first kappa shape index (κ1) is 12.4. The monoisotopic (exact) mass is 214 g/mol. The highest BCUT2D eigenvalue weighted by Gasteiger charge is 2.27. The predicted molar refractivity (Wildman–Crippen MR) is 59.7 cm³/mol. The quantitative estimate of drug-likeness (QED) is 0.333. The Morgan fingerprint density at radius 1 is 1.40 bits per heavy atom. The standard InChI is InChI=1S/C10H22N4O/c1-7(10(15)13-12)8(2)14-5-3-9(11)4-6-14/h7-9H,3-6,11-12H2,1-2H3,(H,13,15). The van der Waals surface area contributed by atoms with Crippen molar-refractivity contribution in [3.63, 3.8) is 0 Å². The van der Waals surface area contributed by atoms with Crippen LogP contribution in [0.5, 0.6) is 0 Å². The number of nitrogens with two attached hydrogens (primary N) is 2. The number of nitrogens with one attached hydrogen (secondary N) is 1. The van der Waals surface area contributed by atoms with Crippen molar-refractivity contribution in [1.29, 1.82) is 0 Å². The van der Waals surface area contributed by atoms with Gasteiger partial charge >= 0.3 is 0 Å². The summed E-state index contributed by atoms with van der Waals surface area (Å²) in [5.74, 6) is 4.95. The van der Waals surface area contributed by atoms with E-state index in [4.69, 9.17) is 11.6 Å². The maximum Gasteiger partial charge on any atom is 0.238 e. The first-order chi connectivity index (χ1) is 7.06. The van der Waals surface area contributed by atoms with Crippen LogP contribution in [0.4, 0.5) is 0 Å². The highest BCUT2D eigenvalue weighted by atomic mass is 16.2. The summed E-state index contributed by atoms with van der Waals surface area (Å²) in [4.78, 5) is 13.7. The Labute approximate surface area is 91.1 Å². The first-order valence-electron chi connectivity index (χ1n) is 5.56. The molecule has 0 spiro atoms. The molecule has 5 N–H and O–H groups in total. The van der Waals surface area contributed by atoms with Gasteiger partial charge in [-0.2, -0.15) is 0 Å². The van der Waals surface area contributed by atoms with E-state index in [1.165, 1.54) is 0 Å². The van der Waals surface area contributed by atoms with Crippen molar-refractivity contribution in [3.8, 4) is 0 Å². The fourth-order valence-corrected chi connectivity index (χ4v) is 1.99. The van der Waals surface area contributed by atoms with Gasteiger partial charge in [-0.05, 0) is 32.9 Å². The third-order valence-corrected chi connectivity index (χ3v) is 3.43. The van der Waals surface area contributed by atoms with Crippen molar-refractivity contribution in [2.75, 3.05) is 13.1 Å². The molecule has 15 heavy (non-hydrogen) atoms. The molecule has 0 radical (unpaired) electrons. The SMILES string of the molecule is CC(C(=O)NN)C(C)N1CCC(N)CC1. The van der Waals surface area contributed by atoms with E-state index < -0.39 is 0 Å². The lowest BCUT2D eigenvalue weighted by Gasteiger charge is -2.36. The molecule has 0 aromatic rings. The van der Waals surface area contributed by atoms with Gasteiger partial charge in [0, 0.05) is 12.1 Å². The van der Waals surface area contributed by atoms with Gasteiger partial charge in [0.1, 0.15) is 0 Å². The van der Waals surface area contributed by atoms with Crippen LogP contribution in [0.15, 0.2) is 0 Å². The average Bonchev–Trinajstić information content (AvgIpc) is 2.27. The van der Waals surface area contributed by atoms with E-state index in [1.54, 1.807) is 0 Å². The van der Waals surface area contributed by atoms with E-state index >= 15 is 0 Å². The van der Waals surface area contributed by atoms with Gasteiger partial charge in [-0.3, -0.25) is 15.1 Å². The summed E-state index contributed by atoms with van der Waals surface area (Å²) < 4.78 is 0. The van der Waals surface area contributed by atoms with Crippen molar-refractivity contribution in [1.82, 2.24) is 10.3 Å². The van der Waals surface area contributed by atoms with Crippen LogP contribution in [-0.2, 0) is 4.79 Å². The molecule has 5 heteroatoms. The molecule has 0 saturated carbocycles. The maximum atomic E-state index is 11.4. The minimum Gasteiger partial charge on any atom is -0.328 e. The third kappa shape index (κ3) is 3.15. The van der Waals surface area contributed by atoms with Gasteiger partial charge in [0.2, 0.25) is 5.91 Å². The first-order valence-corrected chi connectivity index (χ1v) is 5.56. The Morgan fingerprint density at radius 3 is 2.40 bits per heavy atom. The Bertz CT molecular complexity index is 213. The van der Waals surface area contributed by atoms with Crippen molar-refractivity contribution < 1.29 is 4.79 Å². The van der Waals surface area contributed by atoms with Crippen LogP contribution in [0.1, 0.15) is 26.7 Å². The molecule has 0 aliphatic carbocycles. The number of likely N-dealkylation sites (tertiary alicyclic amines) is 1. The van der Waals surface area contributed by atoms with Gasteiger partial charge in [0.25, 0.3) is 0 Å². The largest absolute Gasteiger partial charge is 0.328 e. The number of hydrazine groups is 1. The highest BCUT2D eigenvalue weighted by molar-refractivity contribution is 5.78. The Morgan fingerprint density at radius 2 is 1.93 bits per heavy atom. The van der Waals surface area contributed by atoms with Crippen molar-refractivity contribution in [3.05, 3.63) is 0 Å². The smallest absolute Gasteiger partial charge is 0.238 e. The highest BCUT2D eigenvalue weighted by Crippen LogP contribution is 2.16. The van der Waals surface area contributed by atoms with E-state index in [9.17, 15) is 4.79 Å². The van der Waals surface area contributed by atoms with Gasteiger partial charge in [-0.15, -0.1) is 0 Å². The fraction of sp³-hybridized carbons (Fsp3) is 0.900. The van der Waals surface area contributed by atoms with Crippen LogP contribution in [-0.4, -0.2) is 36.0 Å². The summed E-state index contributed by atoms with van der Waals surface area (Å²) >= 11 is 0. The molecule has 1 rings (SSSR count). The molecule has 1 amide bonds. The molecule has 88 valence electrons. The van der Waals surface area contributed by atoms with Crippen LogP contribution in [0.2, 0.25) is 0 Å². The summed E-state index contributed by atoms with van der Waals surface area (Å²) in [6, 6.07) is 0.549. The summed E-state index contributed by atoms with van der Waals surface area (Å²) in [6.07, 6.45) is 2.03. The van der Waals surface area contributed by atoms with Crippen LogP contribution < -0.4 is 17.0 Å². The van der Waals surface area contributed by atoms with Crippen LogP contribution in [0.3, 0.4) is 0 Å². The topological polar surface area (TPSA) is 84.4 Å². The van der Waals surface area contributed by atoms with Crippen molar-refractivity contribution in [2.45, 2.75) is 38.8 Å². The molecule has 1 saturated heterocycles. The van der Waals surface area contributed by atoms with Crippen LogP contribution in [0, 0.1) is 5.92 Å². The van der Waals surface area contributed by atoms with Crippen LogP contribution >= 0.6 is 0 Å². The summed E-state index contributed by atoms with van der Waals surface area (Å²) in [5, 5.41) is 0. The third-order valence-electron chi connectivity index (χ3n) is 3.43. The molecule has 1 fully saturated rings.